The van der Waals surface area contributed by atoms with E-state index in [0.717, 1.165) is 0 Å². The van der Waals surface area contributed by atoms with Crippen LogP contribution in [-0.4, -0.2) is 37.7 Å². The molecule has 0 spiro atoms. The van der Waals surface area contributed by atoms with E-state index in [2.05, 4.69) is 25.2 Å². The van der Waals surface area contributed by atoms with Gasteiger partial charge < -0.3 is 2.85 Å². The molecular weight excluding hydrogens is 112 g/mol. The topological polar surface area (TPSA) is 0 Å². The van der Waals surface area contributed by atoms with E-state index < -0.39 is 0 Å². The largest absolute Gasteiger partial charge is 2.00 e. The molecule has 0 saturated carbocycles. The Labute approximate surface area is 77.3 Å². The first-order chi connectivity index (χ1) is 2.89. The molecule has 0 N–H and O–H groups in total. The first-order valence-corrected chi connectivity index (χ1v) is 2.22. The molecule has 0 heterocycles. The molecule has 7 heavy (non-hydrogen) atoms. The average Bonchev–Trinajstić information content (AvgIpc) is 1.86. The fourth-order valence-corrected chi connectivity index (χ4v) is 0.554. The van der Waals surface area contributed by atoms with E-state index in [-0.39, 0.29) is 40.6 Å². The van der Waals surface area contributed by atoms with Crippen LogP contribution in [0.15, 0.2) is 23.8 Å². The van der Waals surface area contributed by atoms with E-state index in [1.807, 2.05) is 0 Å². The first-order valence-electron chi connectivity index (χ1n) is 2.22. The summed E-state index contributed by atoms with van der Waals surface area (Å²) < 4.78 is 0. The maximum Gasteiger partial charge on any atom is 2.00 e. The number of hydrogen-bond donors (Lipinski definition) is 0. The van der Waals surface area contributed by atoms with Crippen LogP contribution in [-0.2, 0) is 0 Å². The van der Waals surface area contributed by atoms with Gasteiger partial charge in [0.25, 0.3) is 0 Å². The van der Waals surface area contributed by atoms with Crippen LogP contribution < -0.4 is 0 Å². The maximum atomic E-state index is 2.16. The molecule has 0 atom stereocenters. The maximum absolute atomic E-state index is 2.16. The average molecular weight is 122 g/mol. The molecule has 0 nitrogen and oxygen atoms in total. The molecule has 0 fully saturated rings. The zero-order valence-electron chi connectivity index (χ0n) is 6.65. The summed E-state index contributed by atoms with van der Waals surface area (Å²) in [6.45, 7) is 2.14. The number of hydrogen-bond acceptors (Lipinski definition) is 0. The molecule has 0 radical (unpaired) electrons. The van der Waals surface area contributed by atoms with Crippen molar-refractivity contribution in [2.45, 2.75) is 13.3 Å². The molecule has 0 amide bonds. The molecule has 0 unspecified atom stereocenters. The van der Waals surface area contributed by atoms with Crippen LogP contribution in [0.5, 0.6) is 0 Å². The van der Waals surface area contributed by atoms with E-state index >= 15 is 0 Å². The third-order valence-electron chi connectivity index (χ3n) is 0.957. The fraction of sp³-hybridized carbons (Fsp3) is 0.333. The molecule has 0 aliphatic heterocycles. The van der Waals surface area contributed by atoms with Gasteiger partial charge in [-0.2, -0.15) is 0 Å². The van der Waals surface area contributed by atoms with Gasteiger partial charge in [-0.25, -0.2) is 0 Å². The summed E-state index contributed by atoms with van der Waals surface area (Å²) >= 11 is 0. The molecule has 1 aliphatic rings. The van der Waals surface area contributed by atoms with Gasteiger partial charge in [-0.15, -0.1) is 0 Å². The molecule has 0 aromatic carbocycles. The van der Waals surface area contributed by atoms with Crippen molar-refractivity contribution in [2.24, 2.45) is 0 Å². The van der Waals surface area contributed by atoms with Crippen LogP contribution in [0.25, 0.3) is 0 Å². The predicted octanol–water partition coefficient (Wildman–Crippen LogP) is 1.74. The van der Waals surface area contributed by atoms with Crippen molar-refractivity contribution in [3.63, 3.8) is 0 Å². The monoisotopic (exact) mass is 122 g/mol. The third-order valence-corrected chi connectivity index (χ3v) is 0.957. The van der Waals surface area contributed by atoms with Crippen molar-refractivity contribution in [1.82, 2.24) is 0 Å². The Kier molecular flexibility index (Phi) is 4.10. The molecule has 0 bridgehead atoms. The van der Waals surface area contributed by atoms with E-state index in [1.165, 1.54) is 12.0 Å². The Morgan fingerprint density at radius 2 is 2.43 bits per heavy atom. The van der Waals surface area contributed by atoms with Crippen LogP contribution in [0.3, 0.4) is 0 Å². The standard InChI is InChI=1S/C6H8.Ca.2H/c1-6-4-2-3-5-6;;;/h2-4H,5H2,1H3;;;/q;+2;2*-1. The summed E-state index contributed by atoms with van der Waals surface area (Å²) in [6.07, 6.45) is 7.56. The van der Waals surface area contributed by atoms with Crippen molar-refractivity contribution in [3.05, 3.63) is 23.8 Å². The second-order valence-corrected chi connectivity index (χ2v) is 1.65. The minimum absolute atomic E-state index is 0. The van der Waals surface area contributed by atoms with Crippen molar-refractivity contribution >= 4 is 37.7 Å². The van der Waals surface area contributed by atoms with Crippen LogP contribution >= 0.6 is 0 Å². The van der Waals surface area contributed by atoms with Gasteiger partial charge in [-0.1, -0.05) is 23.8 Å². The summed E-state index contributed by atoms with van der Waals surface area (Å²) in [6, 6.07) is 0. The van der Waals surface area contributed by atoms with Gasteiger partial charge >= 0.3 is 37.7 Å². The first kappa shape index (κ1) is 7.74. The third kappa shape index (κ3) is 2.53. The second kappa shape index (κ2) is 3.71. The summed E-state index contributed by atoms with van der Waals surface area (Å²) in [5.41, 5.74) is 1.47. The minimum Gasteiger partial charge on any atom is -1.00 e. The van der Waals surface area contributed by atoms with Crippen LogP contribution in [0.4, 0.5) is 0 Å². The Balaban J connectivity index is -0.000000120. The Morgan fingerprint density at radius 1 is 1.71 bits per heavy atom. The van der Waals surface area contributed by atoms with Gasteiger partial charge in [-0.05, 0) is 13.3 Å². The zero-order chi connectivity index (χ0) is 4.41. The normalized spacial score (nSPS) is 15.9. The Morgan fingerprint density at radius 3 is 2.57 bits per heavy atom. The van der Waals surface area contributed by atoms with Gasteiger partial charge in [0, 0.05) is 0 Å². The van der Waals surface area contributed by atoms with Crippen molar-refractivity contribution in [2.75, 3.05) is 0 Å². The summed E-state index contributed by atoms with van der Waals surface area (Å²) in [7, 11) is 0. The fourth-order valence-electron chi connectivity index (χ4n) is 0.554. The second-order valence-electron chi connectivity index (χ2n) is 1.65. The molecular formula is C6H10Ca. The van der Waals surface area contributed by atoms with Gasteiger partial charge in [0.05, 0.1) is 0 Å². The quantitative estimate of drug-likeness (QED) is 0.429. The van der Waals surface area contributed by atoms with Gasteiger partial charge in [-0.3, -0.25) is 0 Å². The molecule has 0 aromatic heterocycles. The van der Waals surface area contributed by atoms with E-state index in [1.54, 1.807) is 0 Å². The molecule has 1 heteroatoms. The van der Waals surface area contributed by atoms with Crippen LogP contribution in [0.1, 0.15) is 16.2 Å². The molecule has 1 aliphatic carbocycles. The van der Waals surface area contributed by atoms with Gasteiger partial charge in [0.2, 0.25) is 0 Å². The number of allylic oxidation sites excluding steroid dienone is 4. The Hall–Kier alpha value is 0.740. The van der Waals surface area contributed by atoms with E-state index in [0.29, 0.717) is 0 Å². The van der Waals surface area contributed by atoms with E-state index in [9.17, 15) is 0 Å². The van der Waals surface area contributed by atoms with Gasteiger partial charge in [0.15, 0.2) is 0 Å². The molecule has 1 rings (SSSR count). The smallest absolute Gasteiger partial charge is 1.00 e. The van der Waals surface area contributed by atoms with Crippen molar-refractivity contribution in [1.29, 1.82) is 0 Å². The summed E-state index contributed by atoms with van der Waals surface area (Å²) in [5, 5.41) is 0. The summed E-state index contributed by atoms with van der Waals surface area (Å²) in [4.78, 5) is 0. The van der Waals surface area contributed by atoms with Crippen LogP contribution in [0, 0.1) is 0 Å². The minimum atomic E-state index is 0. The predicted molar refractivity (Wildman–Crippen MR) is 35.5 cm³/mol. The van der Waals surface area contributed by atoms with Gasteiger partial charge in [0.1, 0.15) is 0 Å². The van der Waals surface area contributed by atoms with Crippen LogP contribution in [0.2, 0.25) is 0 Å². The van der Waals surface area contributed by atoms with Crippen molar-refractivity contribution < 1.29 is 2.85 Å². The van der Waals surface area contributed by atoms with E-state index in [4.69, 9.17) is 0 Å². The number of rotatable bonds is 0. The zero-order valence-corrected chi connectivity index (χ0v) is 6.85. The molecule has 0 saturated heterocycles. The SMILES string of the molecule is CC1=CC=CC1.[Ca+2].[H-].[H-]. The molecule has 0 aromatic rings. The Bertz CT molecular complexity index is 108. The summed E-state index contributed by atoms with van der Waals surface area (Å²) in [5.74, 6) is 0. The molecule has 36 valence electrons. The van der Waals surface area contributed by atoms with Crippen molar-refractivity contribution in [3.8, 4) is 0 Å².